The van der Waals surface area contributed by atoms with Crippen LogP contribution in [0.3, 0.4) is 0 Å². The third-order valence-corrected chi connectivity index (χ3v) is 4.32. The fourth-order valence-corrected chi connectivity index (χ4v) is 2.84. The second kappa shape index (κ2) is 6.33. The third-order valence-electron chi connectivity index (χ3n) is 2.82. The Hall–Kier alpha value is -1.77. The molecule has 0 fully saturated rings. The zero-order chi connectivity index (χ0) is 15.5. The van der Waals surface area contributed by atoms with E-state index in [9.17, 15) is 22.3 Å². The van der Waals surface area contributed by atoms with E-state index in [-0.39, 0.29) is 13.0 Å². The lowest BCUT2D eigenvalue weighted by Crippen LogP contribution is -2.26. The molecule has 0 saturated carbocycles. The van der Waals surface area contributed by atoms with E-state index in [4.69, 9.17) is 4.42 Å². The molecule has 1 heterocycles. The van der Waals surface area contributed by atoms with Gasteiger partial charge in [0.1, 0.15) is 16.5 Å². The number of sulfonamides is 1. The summed E-state index contributed by atoms with van der Waals surface area (Å²) in [6.45, 7) is -0.106. The van der Waals surface area contributed by atoms with Crippen LogP contribution < -0.4 is 4.72 Å². The van der Waals surface area contributed by atoms with Gasteiger partial charge < -0.3 is 9.52 Å². The van der Waals surface area contributed by atoms with Crippen molar-refractivity contribution in [2.75, 3.05) is 6.54 Å². The van der Waals surface area contributed by atoms with Crippen molar-refractivity contribution in [3.63, 3.8) is 0 Å². The average Bonchev–Trinajstić information content (AvgIpc) is 2.91. The summed E-state index contributed by atoms with van der Waals surface area (Å²) in [7, 11) is -4.10. The first kappa shape index (κ1) is 15.6. The molecule has 0 aliphatic rings. The van der Waals surface area contributed by atoms with Crippen molar-refractivity contribution in [2.45, 2.75) is 17.4 Å². The van der Waals surface area contributed by atoms with Crippen LogP contribution in [0.15, 0.2) is 46.1 Å². The number of aliphatic hydroxyl groups is 1. The molecule has 0 aliphatic heterocycles. The van der Waals surface area contributed by atoms with E-state index in [1.807, 2.05) is 0 Å². The summed E-state index contributed by atoms with van der Waals surface area (Å²) < 4.78 is 56.8. The van der Waals surface area contributed by atoms with Crippen LogP contribution in [0, 0.1) is 11.6 Å². The standard InChI is InChI=1S/C13H13F2NO4S/c14-10-1-2-13(11(15)7-10)21(18,19)16-5-3-12(17)9-4-6-20-8-9/h1-2,4,6-8,12,16-17H,3,5H2. The van der Waals surface area contributed by atoms with Crippen LogP contribution in [0.25, 0.3) is 0 Å². The van der Waals surface area contributed by atoms with Gasteiger partial charge in [0.2, 0.25) is 10.0 Å². The highest BCUT2D eigenvalue weighted by Crippen LogP contribution is 2.18. The number of aliphatic hydroxyl groups excluding tert-OH is 1. The number of halogens is 2. The van der Waals surface area contributed by atoms with Gasteiger partial charge in [-0.1, -0.05) is 0 Å². The van der Waals surface area contributed by atoms with Crippen LogP contribution in [0.5, 0.6) is 0 Å². The van der Waals surface area contributed by atoms with Crippen LogP contribution in [0.1, 0.15) is 18.1 Å². The minimum atomic E-state index is -4.10. The van der Waals surface area contributed by atoms with Crippen molar-refractivity contribution in [1.29, 1.82) is 0 Å². The Morgan fingerprint density at radius 1 is 1.29 bits per heavy atom. The molecule has 0 spiro atoms. The molecule has 21 heavy (non-hydrogen) atoms. The van der Waals surface area contributed by atoms with Crippen LogP contribution in [0.2, 0.25) is 0 Å². The van der Waals surface area contributed by atoms with Gasteiger partial charge in [-0.2, -0.15) is 0 Å². The van der Waals surface area contributed by atoms with Crippen molar-refractivity contribution < 1.29 is 26.7 Å². The Kier molecular flexibility index (Phi) is 4.71. The third kappa shape index (κ3) is 3.87. The second-order valence-electron chi connectivity index (χ2n) is 4.33. The lowest BCUT2D eigenvalue weighted by atomic mass is 10.1. The predicted molar refractivity (Wildman–Crippen MR) is 69.8 cm³/mol. The summed E-state index contributed by atoms with van der Waals surface area (Å²) >= 11 is 0. The molecule has 0 amide bonds. The lowest BCUT2D eigenvalue weighted by Gasteiger charge is -2.10. The van der Waals surface area contributed by atoms with Gasteiger partial charge in [0.15, 0.2) is 0 Å². The SMILES string of the molecule is O=S(=O)(NCCC(O)c1ccoc1)c1ccc(F)cc1F. The number of furan rings is 1. The van der Waals surface area contributed by atoms with E-state index < -0.39 is 32.7 Å². The molecule has 1 atom stereocenters. The molecule has 114 valence electrons. The number of benzene rings is 1. The van der Waals surface area contributed by atoms with Gasteiger partial charge in [-0.05, 0) is 24.6 Å². The highest BCUT2D eigenvalue weighted by atomic mass is 32.2. The summed E-state index contributed by atoms with van der Waals surface area (Å²) in [6.07, 6.45) is 1.92. The smallest absolute Gasteiger partial charge is 0.243 e. The van der Waals surface area contributed by atoms with Gasteiger partial charge in [-0.3, -0.25) is 0 Å². The first-order valence-electron chi connectivity index (χ1n) is 6.05. The largest absolute Gasteiger partial charge is 0.472 e. The maximum absolute atomic E-state index is 13.4. The number of rotatable bonds is 6. The molecule has 0 bridgehead atoms. The Morgan fingerprint density at radius 2 is 2.05 bits per heavy atom. The highest BCUT2D eigenvalue weighted by Gasteiger charge is 2.19. The Bertz CT molecular complexity index is 701. The zero-order valence-corrected chi connectivity index (χ0v) is 11.6. The van der Waals surface area contributed by atoms with Crippen molar-refractivity contribution >= 4 is 10.0 Å². The summed E-state index contributed by atoms with van der Waals surface area (Å²) in [4.78, 5) is -0.637. The first-order chi connectivity index (χ1) is 9.90. The molecular weight excluding hydrogens is 304 g/mol. The summed E-state index contributed by atoms with van der Waals surface area (Å²) in [6, 6.07) is 3.76. The molecular formula is C13H13F2NO4S. The topological polar surface area (TPSA) is 79.5 Å². The molecule has 1 unspecified atom stereocenters. The molecule has 2 N–H and O–H groups in total. The Labute approximate surface area is 120 Å². The number of hydrogen-bond acceptors (Lipinski definition) is 4. The van der Waals surface area contributed by atoms with Gasteiger partial charge in [-0.15, -0.1) is 0 Å². The van der Waals surface area contributed by atoms with E-state index >= 15 is 0 Å². The average molecular weight is 317 g/mol. The Morgan fingerprint density at radius 3 is 2.67 bits per heavy atom. The van der Waals surface area contributed by atoms with E-state index in [0.29, 0.717) is 11.6 Å². The minimum Gasteiger partial charge on any atom is -0.472 e. The molecule has 8 heteroatoms. The molecule has 0 radical (unpaired) electrons. The fourth-order valence-electron chi connectivity index (χ4n) is 1.73. The quantitative estimate of drug-likeness (QED) is 0.853. The predicted octanol–water partition coefficient (Wildman–Crippen LogP) is 1.96. The van der Waals surface area contributed by atoms with E-state index in [1.54, 1.807) is 6.07 Å². The maximum Gasteiger partial charge on any atom is 0.243 e. The first-order valence-corrected chi connectivity index (χ1v) is 7.53. The van der Waals surface area contributed by atoms with Crippen LogP contribution in [-0.2, 0) is 10.0 Å². The second-order valence-corrected chi connectivity index (χ2v) is 6.07. The van der Waals surface area contributed by atoms with Crippen LogP contribution >= 0.6 is 0 Å². The van der Waals surface area contributed by atoms with Gasteiger partial charge in [-0.25, -0.2) is 21.9 Å². The van der Waals surface area contributed by atoms with Crippen molar-refractivity contribution in [3.8, 4) is 0 Å². The van der Waals surface area contributed by atoms with E-state index in [0.717, 1.165) is 12.1 Å². The molecule has 1 aromatic heterocycles. The summed E-state index contributed by atoms with van der Waals surface area (Å²) in [5, 5.41) is 9.75. The molecule has 5 nitrogen and oxygen atoms in total. The molecule has 2 rings (SSSR count). The molecule has 0 saturated heterocycles. The zero-order valence-electron chi connectivity index (χ0n) is 10.8. The molecule has 2 aromatic rings. The molecule has 0 aliphatic carbocycles. The van der Waals surface area contributed by atoms with Gasteiger partial charge >= 0.3 is 0 Å². The van der Waals surface area contributed by atoms with Gasteiger partial charge in [0.25, 0.3) is 0 Å². The van der Waals surface area contributed by atoms with Crippen molar-refractivity contribution in [2.24, 2.45) is 0 Å². The Balaban J connectivity index is 1.98. The van der Waals surface area contributed by atoms with Gasteiger partial charge in [0.05, 0.1) is 18.6 Å². The summed E-state index contributed by atoms with van der Waals surface area (Å²) in [5.74, 6) is -2.03. The van der Waals surface area contributed by atoms with E-state index in [2.05, 4.69) is 4.72 Å². The molecule has 1 aromatic carbocycles. The minimum absolute atomic E-state index is 0.0849. The van der Waals surface area contributed by atoms with Crippen LogP contribution in [0.4, 0.5) is 8.78 Å². The lowest BCUT2D eigenvalue weighted by molar-refractivity contribution is 0.168. The van der Waals surface area contributed by atoms with Gasteiger partial charge in [0, 0.05) is 18.2 Å². The number of nitrogens with one attached hydrogen (secondary N) is 1. The van der Waals surface area contributed by atoms with E-state index in [1.165, 1.54) is 12.5 Å². The number of hydrogen-bond donors (Lipinski definition) is 2. The van der Waals surface area contributed by atoms with Crippen LogP contribution in [-0.4, -0.2) is 20.1 Å². The van der Waals surface area contributed by atoms with Crippen molar-refractivity contribution in [1.82, 2.24) is 4.72 Å². The maximum atomic E-state index is 13.4. The fraction of sp³-hybridized carbons (Fsp3) is 0.231. The highest BCUT2D eigenvalue weighted by molar-refractivity contribution is 7.89. The van der Waals surface area contributed by atoms with Crippen molar-refractivity contribution in [3.05, 3.63) is 54.0 Å². The summed E-state index contributed by atoms with van der Waals surface area (Å²) in [5.41, 5.74) is 0.516. The monoisotopic (exact) mass is 317 g/mol. The normalized spacial score (nSPS) is 13.3.